The van der Waals surface area contributed by atoms with Crippen LogP contribution in [0.3, 0.4) is 0 Å². The summed E-state index contributed by atoms with van der Waals surface area (Å²) in [6.07, 6.45) is -0.826. The molecule has 4 heteroatoms. The zero-order valence-electron chi connectivity index (χ0n) is 9.73. The Morgan fingerprint density at radius 1 is 1.31 bits per heavy atom. The van der Waals surface area contributed by atoms with Crippen molar-refractivity contribution in [1.29, 1.82) is 0 Å². The molecule has 0 spiro atoms. The molecule has 0 bridgehead atoms. The van der Waals surface area contributed by atoms with Gasteiger partial charge in [-0.05, 0) is 38.6 Å². The van der Waals surface area contributed by atoms with Gasteiger partial charge in [-0.15, -0.1) is 0 Å². The molecule has 0 heterocycles. The number of carboxylic acids is 1. The Bertz CT molecular complexity index is 348. The van der Waals surface area contributed by atoms with Crippen molar-refractivity contribution >= 4 is 5.97 Å². The molecule has 2 N–H and O–H groups in total. The second-order valence-corrected chi connectivity index (χ2v) is 3.68. The van der Waals surface area contributed by atoms with Crippen molar-refractivity contribution in [3.05, 3.63) is 29.8 Å². The highest BCUT2D eigenvalue weighted by molar-refractivity contribution is 5.72. The van der Waals surface area contributed by atoms with Crippen molar-refractivity contribution in [2.45, 2.75) is 26.0 Å². The van der Waals surface area contributed by atoms with Crippen LogP contribution in [0.2, 0.25) is 0 Å². The first-order valence-electron chi connectivity index (χ1n) is 5.21. The summed E-state index contributed by atoms with van der Waals surface area (Å²) in [7, 11) is 1.89. The number of ether oxygens (including phenoxy) is 1. The fraction of sp³-hybridized carbons (Fsp3) is 0.417. The molecule has 0 saturated carbocycles. The number of benzene rings is 1. The largest absolute Gasteiger partial charge is 0.479 e. The van der Waals surface area contributed by atoms with Crippen LogP contribution in [-0.4, -0.2) is 24.2 Å². The third kappa shape index (κ3) is 3.24. The van der Waals surface area contributed by atoms with Crippen molar-refractivity contribution in [3.63, 3.8) is 0 Å². The van der Waals surface area contributed by atoms with Gasteiger partial charge in [-0.1, -0.05) is 12.1 Å². The maximum Gasteiger partial charge on any atom is 0.344 e. The summed E-state index contributed by atoms with van der Waals surface area (Å²) in [5.41, 5.74) is 1.14. The van der Waals surface area contributed by atoms with E-state index in [0.717, 1.165) is 5.56 Å². The zero-order chi connectivity index (χ0) is 12.1. The van der Waals surface area contributed by atoms with E-state index in [1.807, 2.05) is 19.2 Å². The molecule has 0 saturated heterocycles. The summed E-state index contributed by atoms with van der Waals surface area (Å²) in [5.74, 6) is -0.394. The Morgan fingerprint density at radius 3 is 2.31 bits per heavy atom. The van der Waals surface area contributed by atoms with Crippen LogP contribution in [0.4, 0.5) is 0 Å². The smallest absolute Gasteiger partial charge is 0.344 e. The quantitative estimate of drug-likeness (QED) is 0.799. The van der Waals surface area contributed by atoms with Crippen LogP contribution in [0.25, 0.3) is 0 Å². The lowest BCUT2D eigenvalue weighted by Gasteiger charge is -2.13. The van der Waals surface area contributed by atoms with Gasteiger partial charge in [-0.3, -0.25) is 0 Å². The molecular weight excluding hydrogens is 206 g/mol. The normalized spacial score (nSPS) is 14.2. The molecule has 1 aromatic carbocycles. The first-order valence-corrected chi connectivity index (χ1v) is 5.21. The molecule has 0 radical (unpaired) electrons. The number of nitrogens with one attached hydrogen (secondary N) is 1. The Labute approximate surface area is 95.2 Å². The van der Waals surface area contributed by atoms with Gasteiger partial charge in [0, 0.05) is 6.04 Å². The van der Waals surface area contributed by atoms with E-state index in [1.54, 1.807) is 12.1 Å². The molecule has 1 rings (SSSR count). The molecule has 0 aliphatic heterocycles. The van der Waals surface area contributed by atoms with Crippen LogP contribution < -0.4 is 10.1 Å². The van der Waals surface area contributed by atoms with Gasteiger partial charge in [0.05, 0.1) is 0 Å². The number of hydrogen-bond donors (Lipinski definition) is 2. The molecule has 4 nitrogen and oxygen atoms in total. The minimum absolute atomic E-state index is 0.269. The summed E-state index contributed by atoms with van der Waals surface area (Å²) in [6, 6.07) is 7.67. The fourth-order valence-electron chi connectivity index (χ4n) is 1.26. The molecule has 0 aliphatic carbocycles. The summed E-state index contributed by atoms with van der Waals surface area (Å²) < 4.78 is 5.22. The van der Waals surface area contributed by atoms with Crippen LogP contribution in [0.15, 0.2) is 24.3 Å². The molecule has 2 unspecified atom stereocenters. The molecule has 0 aromatic heterocycles. The van der Waals surface area contributed by atoms with E-state index in [1.165, 1.54) is 6.92 Å². The highest BCUT2D eigenvalue weighted by Gasteiger charge is 2.12. The Kier molecular flexibility index (Phi) is 4.31. The lowest BCUT2D eigenvalue weighted by Crippen LogP contribution is -2.22. The third-order valence-electron chi connectivity index (χ3n) is 2.47. The maximum atomic E-state index is 10.6. The predicted molar refractivity (Wildman–Crippen MR) is 61.6 cm³/mol. The van der Waals surface area contributed by atoms with Crippen molar-refractivity contribution in [1.82, 2.24) is 5.32 Å². The van der Waals surface area contributed by atoms with Gasteiger partial charge >= 0.3 is 5.97 Å². The minimum atomic E-state index is -0.965. The van der Waals surface area contributed by atoms with Crippen LogP contribution >= 0.6 is 0 Å². The second kappa shape index (κ2) is 5.51. The monoisotopic (exact) mass is 223 g/mol. The van der Waals surface area contributed by atoms with Crippen LogP contribution in [0.5, 0.6) is 5.75 Å². The third-order valence-corrected chi connectivity index (χ3v) is 2.47. The predicted octanol–water partition coefficient (Wildman–Crippen LogP) is 1.82. The summed E-state index contributed by atoms with van der Waals surface area (Å²) in [4.78, 5) is 10.6. The first kappa shape index (κ1) is 12.5. The highest BCUT2D eigenvalue weighted by atomic mass is 16.5. The SMILES string of the molecule is CNC(C)c1ccc(OC(C)C(=O)O)cc1. The Hall–Kier alpha value is -1.55. The van der Waals surface area contributed by atoms with Gasteiger partial charge in [-0.25, -0.2) is 4.79 Å². The molecule has 16 heavy (non-hydrogen) atoms. The standard InChI is InChI=1S/C12H17NO3/c1-8(13-3)10-4-6-11(7-5-10)16-9(2)12(14)15/h4-9,13H,1-3H3,(H,14,15). The van der Waals surface area contributed by atoms with E-state index in [9.17, 15) is 4.79 Å². The molecule has 0 aliphatic rings. The summed E-state index contributed by atoms with van der Waals surface area (Å²) >= 11 is 0. The van der Waals surface area contributed by atoms with E-state index in [2.05, 4.69) is 12.2 Å². The number of aliphatic carboxylic acids is 1. The van der Waals surface area contributed by atoms with E-state index < -0.39 is 12.1 Å². The van der Waals surface area contributed by atoms with Gasteiger partial charge in [0.1, 0.15) is 5.75 Å². The fourth-order valence-corrected chi connectivity index (χ4v) is 1.26. The van der Waals surface area contributed by atoms with Gasteiger partial charge in [0.25, 0.3) is 0 Å². The molecule has 88 valence electrons. The lowest BCUT2D eigenvalue weighted by molar-refractivity contribution is -0.144. The minimum Gasteiger partial charge on any atom is -0.479 e. The highest BCUT2D eigenvalue weighted by Crippen LogP contribution is 2.18. The summed E-state index contributed by atoms with van der Waals surface area (Å²) in [5, 5.41) is 11.8. The van der Waals surface area contributed by atoms with Crippen LogP contribution in [0, 0.1) is 0 Å². The van der Waals surface area contributed by atoms with Gasteiger partial charge < -0.3 is 15.2 Å². The van der Waals surface area contributed by atoms with Crippen molar-refractivity contribution in [2.75, 3.05) is 7.05 Å². The second-order valence-electron chi connectivity index (χ2n) is 3.68. The maximum absolute atomic E-state index is 10.6. The number of carboxylic acid groups (broad SMARTS) is 1. The van der Waals surface area contributed by atoms with Crippen molar-refractivity contribution < 1.29 is 14.6 Å². The van der Waals surface area contributed by atoms with E-state index in [4.69, 9.17) is 9.84 Å². The van der Waals surface area contributed by atoms with Gasteiger partial charge in [0.15, 0.2) is 6.10 Å². The van der Waals surface area contributed by atoms with E-state index in [0.29, 0.717) is 5.75 Å². The average molecular weight is 223 g/mol. The number of hydrogen-bond acceptors (Lipinski definition) is 3. The number of rotatable bonds is 5. The first-order chi connectivity index (χ1) is 7.54. The van der Waals surface area contributed by atoms with E-state index in [-0.39, 0.29) is 6.04 Å². The van der Waals surface area contributed by atoms with Gasteiger partial charge in [-0.2, -0.15) is 0 Å². The zero-order valence-corrected chi connectivity index (χ0v) is 9.73. The average Bonchev–Trinajstić information content (AvgIpc) is 2.28. The van der Waals surface area contributed by atoms with Crippen LogP contribution in [0.1, 0.15) is 25.5 Å². The molecule has 0 amide bonds. The van der Waals surface area contributed by atoms with Crippen molar-refractivity contribution in [2.24, 2.45) is 0 Å². The molecule has 0 fully saturated rings. The van der Waals surface area contributed by atoms with Crippen LogP contribution in [-0.2, 0) is 4.79 Å². The molecule has 1 aromatic rings. The Morgan fingerprint density at radius 2 is 1.88 bits per heavy atom. The Balaban J connectivity index is 2.68. The lowest BCUT2D eigenvalue weighted by atomic mass is 10.1. The number of carbonyl (C=O) groups is 1. The van der Waals surface area contributed by atoms with E-state index >= 15 is 0 Å². The topological polar surface area (TPSA) is 58.6 Å². The molecule has 2 atom stereocenters. The van der Waals surface area contributed by atoms with Gasteiger partial charge in [0.2, 0.25) is 0 Å². The van der Waals surface area contributed by atoms with Crippen molar-refractivity contribution in [3.8, 4) is 5.75 Å². The summed E-state index contributed by atoms with van der Waals surface area (Å²) in [6.45, 7) is 3.56. The molecular formula is C12H17NO3.